The Balaban J connectivity index is 1.49. The number of hydrogen-bond donors (Lipinski definition) is 0. The zero-order chi connectivity index (χ0) is 25.8. The highest BCUT2D eigenvalue weighted by molar-refractivity contribution is 6.95. The van der Waals surface area contributed by atoms with Crippen LogP contribution in [0.15, 0.2) is 78.0 Å². The van der Waals surface area contributed by atoms with Gasteiger partial charge in [-0.15, -0.1) is 11.1 Å². The number of methoxy groups -OCH3 is 1. The summed E-state index contributed by atoms with van der Waals surface area (Å²) in [7, 11) is -0.912. The summed E-state index contributed by atoms with van der Waals surface area (Å²) in [6, 6.07) is 18.5. The second-order valence-electron chi connectivity index (χ2n) is 10.7. The number of nitrogens with zero attached hydrogens (tertiary/aromatic N) is 1. The van der Waals surface area contributed by atoms with E-state index in [1.165, 1.54) is 10.4 Å². The highest BCUT2D eigenvalue weighted by atomic mass is 28.4. The van der Waals surface area contributed by atoms with Gasteiger partial charge in [0.15, 0.2) is 0 Å². The predicted octanol–water partition coefficient (Wildman–Crippen LogP) is 6.28. The Hall–Kier alpha value is -2.83. The van der Waals surface area contributed by atoms with Gasteiger partial charge in [0, 0.05) is 19.6 Å². The third-order valence-electron chi connectivity index (χ3n) is 7.39. The fourth-order valence-electron chi connectivity index (χ4n) is 5.39. The highest BCUT2D eigenvalue weighted by Crippen LogP contribution is 2.43. The molecule has 0 N–H and O–H groups in total. The van der Waals surface area contributed by atoms with Crippen LogP contribution in [0.2, 0.25) is 5.04 Å². The number of benzene rings is 2. The first-order valence-corrected chi connectivity index (χ1v) is 14.8. The zero-order valence-electron chi connectivity index (χ0n) is 22.2. The zero-order valence-corrected chi connectivity index (χ0v) is 23.2. The molecular weight excluding hydrogens is 466 g/mol. The van der Waals surface area contributed by atoms with Gasteiger partial charge in [-0.25, -0.2) is 4.79 Å². The summed E-state index contributed by atoms with van der Waals surface area (Å²) >= 11 is 0. The van der Waals surface area contributed by atoms with Crippen LogP contribution < -0.4 is 9.92 Å². The molecule has 0 saturated carbocycles. The standard InChI is InChI=1S/C30H39NO4Si/c1-23-28(35-29(32)31(23)22-24-16-18-25(33-5)19-17-24)20-21-34-36(30(2,3)4,26-12-8-6-9-13-26)27-14-10-7-11-15-27/h6,8-10,12-19,23,28H,7,11,20-22H2,1-5H3/q-1/t23-,28?/m0/s1. The lowest BCUT2D eigenvalue weighted by molar-refractivity contribution is 0.113. The summed E-state index contributed by atoms with van der Waals surface area (Å²) in [4.78, 5) is 14.5. The van der Waals surface area contributed by atoms with E-state index in [9.17, 15) is 4.79 Å². The van der Waals surface area contributed by atoms with Crippen LogP contribution in [0.4, 0.5) is 4.79 Å². The van der Waals surface area contributed by atoms with E-state index < -0.39 is 8.32 Å². The van der Waals surface area contributed by atoms with E-state index in [1.54, 1.807) is 7.11 Å². The molecule has 0 radical (unpaired) electrons. The second-order valence-corrected chi connectivity index (χ2v) is 15.0. The highest BCUT2D eigenvalue weighted by Gasteiger charge is 2.41. The molecule has 3 atom stereocenters. The topological polar surface area (TPSA) is 48.0 Å². The number of amides is 1. The van der Waals surface area contributed by atoms with E-state index in [1.807, 2.05) is 29.2 Å². The van der Waals surface area contributed by atoms with Gasteiger partial charge in [0.25, 0.3) is 0 Å². The number of carbonyl (C=O) groups excluding carboxylic acids is 1. The monoisotopic (exact) mass is 505 g/mol. The first kappa shape index (κ1) is 26.2. The Morgan fingerprint density at radius 1 is 1.06 bits per heavy atom. The molecular formula is C30H39NO4Si-. The Labute approximate surface area is 216 Å². The summed E-state index contributed by atoms with van der Waals surface area (Å²) < 4.78 is 18.1. The maximum absolute atomic E-state index is 12.7. The minimum atomic E-state index is -2.56. The molecule has 193 valence electrons. The summed E-state index contributed by atoms with van der Waals surface area (Å²) in [6.45, 7) is 10.0. The minimum absolute atomic E-state index is 0.0283. The number of carbonyl (C=O) groups is 1. The van der Waals surface area contributed by atoms with Crippen molar-refractivity contribution in [3.63, 3.8) is 0 Å². The molecule has 1 heterocycles. The smallest absolute Gasteiger partial charge is 0.410 e. The van der Waals surface area contributed by atoms with Gasteiger partial charge in [0.2, 0.25) is 0 Å². The summed E-state index contributed by atoms with van der Waals surface area (Å²) in [6.07, 6.45) is 9.25. The molecule has 1 aliphatic heterocycles. The Morgan fingerprint density at radius 3 is 2.39 bits per heavy atom. The van der Waals surface area contributed by atoms with Gasteiger partial charge in [-0.3, -0.25) is 4.90 Å². The summed E-state index contributed by atoms with van der Waals surface area (Å²) in [5.74, 6) is 0.804. The van der Waals surface area contributed by atoms with Gasteiger partial charge in [0.05, 0.1) is 21.5 Å². The van der Waals surface area contributed by atoms with Crippen LogP contribution in [0.3, 0.4) is 0 Å². The third-order valence-corrected chi connectivity index (χ3v) is 12.5. The lowest BCUT2D eigenvalue weighted by atomic mass is 10.1. The average Bonchev–Trinajstić information content (AvgIpc) is 3.15. The molecule has 36 heavy (non-hydrogen) atoms. The van der Waals surface area contributed by atoms with Gasteiger partial charge in [0.1, 0.15) is 11.9 Å². The Morgan fingerprint density at radius 2 is 1.78 bits per heavy atom. The lowest BCUT2D eigenvalue weighted by Crippen LogP contribution is -2.59. The van der Waals surface area contributed by atoms with E-state index in [0.717, 1.165) is 24.2 Å². The third kappa shape index (κ3) is 5.30. The Kier molecular flexibility index (Phi) is 8.06. The van der Waals surface area contributed by atoms with Crippen LogP contribution in [0.25, 0.3) is 0 Å². The largest absolute Gasteiger partial charge is 0.558 e. The maximum Gasteiger partial charge on any atom is 0.410 e. The molecule has 1 fully saturated rings. The fraction of sp³-hybridized carbons (Fsp3) is 0.433. The molecule has 2 unspecified atom stereocenters. The van der Waals surface area contributed by atoms with E-state index in [2.05, 4.69) is 76.3 Å². The van der Waals surface area contributed by atoms with Crippen molar-refractivity contribution in [3.8, 4) is 5.75 Å². The first-order chi connectivity index (χ1) is 17.3. The number of cyclic esters (lactones) is 1. The molecule has 0 spiro atoms. The van der Waals surface area contributed by atoms with Gasteiger partial charge in [-0.05, 0) is 37.5 Å². The van der Waals surface area contributed by atoms with Gasteiger partial charge >= 0.3 is 6.09 Å². The number of hydrogen-bond acceptors (Lipinski definition) is 4. The molecule has 1 aliphatic carbocycles. The van der Waals surface area contributed by atoms with Crippen molar-refractivity contribution in [2.45, 2.75) is 70.7 Å². The van der Waals surface area contributed by atoms with E-state index in [0.29, 0.717) is 19.6 Å². The minimum Gasteiger partial charge on any atom is -0.558 e. The van der Waals surface area contributed by atoms with Crippen molar-refractivity contribution in [1.29, 1.82) is 0 Å². The molecule has 6 heteroatoms. The van der Waals surface area contributed by atoms with Crippen molar-refractivity contribution in [2.24, 2.45) is 0 Å². The van der Waals surface area contributed by atoms with Gasteiger partial charge in [-0.1, -0.05) is 75.4 Å². The average molecular weight is 506 g/mol. The normalized spacial score (nSPS) is 21.6. The van der Waals surface area contributed by atoms with Crippen molar-refractivity contribution in [1.82, 2.24) is 4.90 Å². The van der Waals surface area contributed by atoms with E-state index in [-0.39, 0.29) is 23.3 Å². The summed E-state index contributed by atoms with van der Waals surface area (Å²) in [5.41, 5.74) is 1.05. The SMILES string of the molecule is COc1ccc(CN2C(=O)OC(CCO[Si-](C3=CCCC=C3)(c3ccccc3)C(C)(C)C)[C@@H]2C)cc1. The van der Waals surface area contributed by atoms with Gasteiger partial charge < -0.3 is 13.9 Å². The fourth-order valence-corrected chi connectivity index (χ4v) is 10.1. The maximum atomic E-state index is 12.7. The van der Waals surface area contributed by atoms with Crippen molar-refractivity contribution in [2.75, 3.05) is 13.7 Å². The van der Waals surface area contributed by atoms with Crippen LogP contribution >= 0.6 is 0 Å². The predicted molar refractivity (Wildman–Crippen MR) is 147 cm³/mol. The molecule has 0 aromatic heterocycles. The molecule has 5 nitrogen and oxygen atoms in total. The molecule has 4 rings (SSSR count). The number of rotatable bonds is 9. The first-order valence-electron chi connectivity index (χ1n) is 12.9. The Bertz CT molecular complexity index is 1090. The summed E-state index contributed by atoms with van der Waals surface area (Å²) in [5, 5.41) is 2.57. The van der Waals surface area contributed by atoms with Crippen LogP contribution in [0.1, 0.15) is 52.5 Å². The quantitative estimate of drug-likeness (QED) is 0.376. The van der Waals surface area contributed by atoms with Crippen molar-refractivity contribution < 1.29 is 18.7 Å². The van der Waals surface area contributed by atoms with Crippen LogP contribution in [-0.2, 0) is 15.7 Å². The molecule has 1 saturated heterocycles. The van der Waals surface area contributed by atoms with E-state index in [4.69, 9.17) is 13.9 Å². The lowest BCUT2D eigenvalue weighted by Gasteiger charge is -2.56. The molecule has 1 amide bonds. The van der Waals surface area contributed by atoms with Crippen LogP contribution in [-0.4, -0.2) is 45.2 Å². The molecule has 2 aliphatic rings. The second kappa shape index (κ2) is 11.1. The van der Waals surface area contributed by atoms with Crippen LogP contribution in [0.5, 0.6) is 5.75 Å². The number of allylic oxidation sites excluding steroid dienone is 4. The van der Waals surface area contributed by atoms with Crippen LogP contribution in [0, 0.1) is 0 Å². The van der Waals surface area contributed by atoms with Crippen molar-refractivity contribution >= 4 is 19.6 Å². The molecule has 2 aromatic rings. The van der Waals surface area contributed by atoms with Gasteiger partial charge in [-0.2, -0.15) is 10.4 Å². The van der Waals surface area contributed by atoms with Crippen molar-refractivity contribution in [3.05, 3.63) is 83.6 Å². The number of ether oxygens (including phenoxy) is 2. The molecule has 2 aromatic carbocycles. The van der Waals surface area contributed by atoms with E-state index >= 15 is 0 Å². The molecule has 0 bridgehead atoms.